The van der Waals surface area contributed by atoms with Gasteiger partial charge in [0.15, 0.2) is 0 Å². The highest BCUT2D eigenvalue weighted by Gasteiger charge is 2.01. The third kappa shape index (κ3) is 15.8. The van der Waals surface area contributed by atoms with E-state index in [0.717, 1.165) is 25.2 Å². The fourth-order valence-corrected chi connectivity index (χ4v) is 2.63. The van der Waals surface area contributed by atoms with Gasteiger partial charge in [-0.25, -0.2) is 0 Å². The van der Waals surface area contributed by atoms with Gasteiger partial charge in [0.25, 0.3) is 0 Å². The van der Waals surface area contributed by atoms with Crippen LogP contribution in [0.2, 0.25) is 0 Å². The molecule has 0 aromatic heterocycles. The first-order valence-electron chi connectivity index (χ1n) is 9.04. The van der Waals surface area contributed by atoms with Gasteiger partial charge in [-0.1, -0.05) is 97.1 Å². The zero-order valence-corrected chi connectivity index (χ0v) is 14.0. The molecule has 0 saturated carbocycles. The third-order valence-corrected chi connectivity index (χ3v) is 4.05. The van der Waals surface area contributed by atoms with Gasteiger partial charge in [-0.3, -0.25) is 0 Å². The summed E-state index contributed by atoms with van der Waals surface area (Å²) in [4.78, 5) is 0. The normalized spacial score (nSPS) is 13.2. The molecule has 0 amide bonds. The van der Waals surface area contributed by atoms with E-state index in [0.29, 0.717) is 0 Å². The van der Waals surface area contributed by atoms with Gasteiger partial charge in [0.05, 0.1) is 0 Å². The second kappa shape index (κ2) is 16.8. The molecule has 0 saturated heterocycles. The Bertz CT molecular complexity index is 192. The van der Waals surface area contributed by atoms with Gasteiger partial charge in [-0.05, 0) is 31.6 Å². The molecule has 0 rings (SSSR count). The predicted octanol–water partition coefficient (Wildman–Crippen LogP) is 7.31. The molecule has 0 bridgehead atoms. The van der Waals surface area contributed by atoms with E-state index in [1.165, 1.54) is 70.6 Å². The Kier molecular flexibility index (Phi) is 16.6. The standard InChI is InChI=1S/C20H38/c1-4-6-8-10-11-12-13-15-17-19-20(3)18-16-14-9-7-5-2/h8,10,20H,1-2,4-7,9,11-19H2,3H3/b10-8+. The van der Waals surface area contributed by atoms with Gasteiger partial charge in [0.1, 0.15) is 0 Å². The number of rotatable bonds is 15. The van der Waals surface area contributed by atoms with Crippen LogP contribution in [0.5, 0.6) is 0 Å². The lowest BCUT2D eigenvalue weighted by molar-refractivity contribution is 0.434. The molecule has 0 aliphatic rings. The molecule has 0 aromatic rings. The van der Waals surface area contributed by atoms with Gasteiger partial charge in [-0.2, -0.15) is 0 Å². The number of unbranched alkanes of at least 4 members (excludes halogenated alkanes) is 9. The Morgan fingerprint density at radius 3 is 1.80 bits per heavy atom. The van der Waals surface area contributed by atoms with Crippen molar-refractivity contribution in [1.82, 2.24) is 0 Å². The van der Waals surface area contributed by atoms with Crippen LogP contribution in [0.15, 0.2) is 12.2 Å². The Labute approximate surface area is 129 Å². The highest BCUT2D eigenvalue weighted by molar-refractivity contribution is 4.81. The molecule has 0 aliphatic heterocycles. The fraction of sp³-hybridized carbons (Fsp3) is 0.800. The van der Waals surface area contributed by atoms with Crippen LogP contribution in [0, 0.1) is 19.8 Å². The van der Waals surface area contributed by atoms with E-state index in [9.17, 15) is 0 Å². The maximum Gasteiger partial charge on any atom is -0.0351 e. The molecular weight excluding hydrogens is 240 g/mol. The minimum Gasteiger partial charge on any atom is -0.0885 e. The molecule has 0 heteroatoms. The summed E-state index contributed by atoms with van der Waals surface area (Å²) in [6, 6.07) is 0. The lowest BCUT2D eigenvalue weighted by atomic mass is 9.96. The highest BCUT2D eigenvalue weighted by Crippen LogP contribution is 2.18. The van der Waals surface area contributed by atoms with Crippen molar-refractivity contribution in [3.05, 3.63) is 26.0 Å². The third-order valence-electron chi connectivity index (χ3n) is 4.05. The van der Waals surface area contributed by atoms with Crippen molar-refractivity contribution in [3.8, 4) is 0 Å². The summed E-state index contributed by atoms with van der Waals surface area (Å²) in [6.45, 7) is 10.2. The van der Waals surface area contributed by atoms with E-state index in [1.54, 1.807) is 0 Å². The summed E-state index contributed by atoms with van der Waals surface area (Å²) in [5.41, 5.74) is 0. The smallest absolute Gasteiger partial charge is 0.0351 e. The Hall–Kier alpha value is -0.260. The predicted molar refractivity (Wildman–Crippen MR) is 93.7 cm³/mol. The Balaban J connectivity index is 3.16. The number of hydrogen-bond acceptors (Lipinski definition) is 0. The van der Waals surface area contributed by atoms with Gasteiger partial charge in [0.2, 0.25) is 0 Å². The van der Waals surface area contributed by atoms with Crippen LogP contribution in [0.25, 0.3) is 0 Å². The number of allylic oxidation sites excluding steroid dienone is 2. The Morgan fingerprint density at radius 1 is 0.650 bits per heavy atom. The summed E-state index contributed by atoms with van der Waals surface area (Å²) >= 11 is 0. The molecule has 0 aromatic carbocycles. The van der Waals surface area contributed by atoms with Crippen molar-refractivity contribution < 1.29 is 0 Å². The van der Waals surface area contributed by atoms with Gasteiger partial charge in [0, 0.05) is 0 Å². The first kappa shape index (κ1) is 19.7. The van der Waals surface area contributed by atoms with Crippen LogP contribution >= 0.6 is 0 Å². The molecule has 0 heterocycles. The maximum atomic E-state index is 3.90. The second-order valence-electron chi connectivity index (χ2n) is 6.27. The molecule has 0 fully saturated rings. The van der Waals surface area contributed by atoms with Gasteiger partial charge >= 0.3 is 0 Å². The first-order chi connectivity index (χ1) is 9.81. The zero-order valence-electron chi connectivity index (χ0n) is 14.0. The van der Waals surface area contributed by atoms with E-state index >= 15 is 0 Å². The van der Waals surface area contributed by atoms with Crippen LogP contribution in [0.1, 0.15) is 96.8 Å². The van der Waals surface area contributed by atoms with Crippen molar-refractivity contribution >= 4 is 0 Å². The van der Waals surface area contributed by atoms with Crippen LogP contribution < -0.4 is 0 Å². The molecule has 0 nitrogen and oxygen atoms in total. The fourth-order valence-electron chi connectivity index (χ4n) is 2.63. The first-order valence-corrected chi connectivity index (χ1v) is 9.04. The summed E-state index contributed by atoms with van der Waals surface area (Å²) in [5.74, 6) is 0.937. The molecular formula is C20H38. The summed E-state index contributed by atoms with van der Waals surface area (Å²) < 4.78 is 0. The average molecular weight is 279 g/mol. The lowest BCUT2D eigenvalue weighted by Crippen LogP contribution is -1.95. The van der Waals surface area contributed by atoms with Crippen molar-refractivity contribution in [2.45, 2.75) is 96.8 Å². The van der Waals surface area contributed by atoms with E-state index in [-0.39, 0.29) is 0 Å². The quantitative estimate of drug-likeness (QED) is 0.217. The average Bonchev–Trinajstić information content (AvgIpc) is 2.45. The minimum atomic E-state index is 0.937. The molecule has 1 atom stereocenters. The molecule has 2 radical (unpaired) electrons. The van der Waals surface area contributed by atoms with Gasteiger partial charge in [-0.15, -0.1) is 0 Å². The lowest BCUT2D eigenvalue weighted by Gasteiger charge is -2.10. The summed E-state index contributed by atoms with van der Waals surface area (Å²) in [7, 11) is 0. The summed E-state index contributed by atoms with van der Waals surface area (Å²) in [5, 5.41) is 0. The zero-order chi connectivity index (χ0) is 14.9. The van der Waals surface area contributed by atoms with Crippen LogP contribution in [-0.2, 0) is 0 Å². The molecule has 0 aliphatic carbocycles. The van der Waals surface area contributed by atoms with E-state index in [4.69, 9.17) is 0 Å². The monoisotopic (exact) mass is 278 g/mol. The Morgan fingerprint density at radius 2 is 1.20 bits per heavy atom. The van der Waals surface area contributed by atoms with Crippen LogP contribution in [0.3, 0.4) is 0 Å². The molecule has 20 heavy (non-hydrogen) atoms. The second-order valence-corrected chi connectivity index (χ2v) is 6.27. The SMILES string of the molecule is [CH2]CC/C=C/CCCCCCC(C)CCCCCC[CH2]. The van der Waals surface area contributed by atoms with Crippen molar-refractivity contribution in [3.63, 3.8) is 0 Å². The largest absolute Gasteiger partial charge is 0.0885 e. The minimum absolute atomic E-state index is 0.937. The maximum absolute atomic E-state index is 3.90. The summed E-state index contributed by atoms with van der Waals surface area (Å²) in [6.07, 6.45) is 23.2. The molecule has 0 N–H and O–H groups in total. The van der Waals surface area contributed by atoms with Crippen molar-refractivity contribution in [2.75, 3.05) is 0 Å². The van der Waals surface area contributed by atoms with E-state index in [1.807, 2.05) is 0 Å². The molecule has 0 spiro atoms. The van der Waals surface area contributed by atoms with Crippen LogP contribution in [-0.4, -0.2) is 0 Å². The molecule has 1 unspecified atom stereocenters. The topological polar surface area (TPSA) is 0 Å². The van der Waals surface area contributed by atoms with Crippen LogP contribution in [0.4, 0.5) is 0 Å². The van der Waals surface area contributed by atoms with E-state index < -0.39 is 0 Å². The molecule has 118 valence electrons. The van der Waals surface area contributed by atoms with Crippen molar-refractivity contribution in [2.24, 2.45) is 5.92 Å². The number of hydrogen-bond donors (Lipinski definition) is 0. The van der Waals surface area contributed by atoms with Gasteiger partial charge < -0.3 is 0 Å². The van der Waals surface area contributed by atoms with E-state index in [2.05, 4.69) is 32.9 Å². The highest BCUT2D eigenvalue weighted by atomic mass is 14.1. The van der Waals surface area contributed by atoms with Crippen molar-refractivity contribution in [1.29, 1.82) is 0 Å².